The predicted octanol–water partition coefficient (Wildman–Crippen LogP) is 1.54. The molecule has 0 saturated carbocycles. The summed E-state index contributed by atoms with van der Waals surface area (Å²) in [5, 5.41) is 3.34. The van der Waals surface area contributed by atoms with Crippen LogP contribution in [-0.4, -0.2) is 23.2 Å². The van der Waals surface area contributed by atoms with Crippen molar-refractivity contribution in [2.24, 2.45) is 0 Å². The van der Waals surface area contributed by atoms with Crippen LogP contribution in [0.4, 0.5) is 0 Å². The quantitative estimate of drug-likeness (QED) is 0.900. The lowest BCUT2D eigenvalue weighted by Crippen LogP contribution is -2.19. The van der Waals surface area contributed by atoms with Gasteiger partial charge in [-0.05, 0) is 12.1 Å². The molecular formula is C14H15N3O2. The third kappa shape index (κ3) is 2.82. The van der Waals surface area contributed by atoms with Gasteiger partial charge in [-0.2, -0.15) is 0 Å². The van der Waals surface area contributed by atoms with E-state index in [0.29, 0.717) is 19.8 Å². The topological polar surface area (TPSA) is 56.3 Å². The molecule has 0 aliphatic carbocycles. The standard InChI is InChI=1S/C14H15N3O2/c1-2-11(14-13(3-1)18-6-7-19-14)8-16-9-12-4-5-15-10-17-12/h1-5,10,16H,6-9H2. The summed E-state index contributed by atoms with van der Waals surface area (Å²) < 4.78 is 11.2. The van der Waals surface area contributed by atoms with E-state index in [1.807, 2.05) is 24.3 Å². The van der Waals surface area contributed by atoms with Crippen LogP contribution in [0.3, 0.4) is 0 Å². The van der Waals surface area contributed by atoms with Gasteiger partial charge in [0.1, 0.15) is 19.5 Å². The van der Waals surface area contributed by atoms with E-state index >= 15 is 0 Å². The Balaban J connectivity index is 1.64. The highest BCUT2D eigenvalue weighted by molar-refractivity contribution is 5.47. The Morgan fingerprint density at radius 3 is 2.95 bits per heavy atom. The van der Waals surface area contributed by atoms with E-state index in [0.717, 1.165) is 29.3 Å². The minimum absolute atomic E-state index is 0.607. The Kier molecular flexibility index (Phi) is 3.56. The summed E-state index contributed by atoms with van der Waals surface area (Å²) in [6.45, 7) is 2.64. The van der Waals surface area contributed by atoms with Gasteiger partial charge in [-0.3, -0.25) is 0 Å². The second kappa shape index (κ2) is 5.67. The van der Waals surface area contributed by atoms with Crippen molar-refractivity contribution >= 4 is 0 Å². The van der Waals surface area contributed by atoms with Gasteiger partial charge in [0.2, 0.25) is 0 Å². The van der Waals surface area contributed by atoms with E-state index in [9.17, 15) is 0 Å². The zero-order valence-electron chi connectivity index (χ0n) is 10.5. The summed E-state index contributed by atoms with van der Waals surface area (Å²) >= 11 is 0. The first-order valence-corrected chi connectivity index (χ1v) is 6.26. The molecule has 1 aromatic carbocycles. The summed E-state index contributed by atoms with van der Waals surface area (Å²) in [6.07, 6.45) is 3.30. The van der Waals surface area contributed by atoms with Crippen LogP contribution >= 0.6 is 0 Å². The van der Waals surface area contributed by atoms with Gasteiger partial charge in [0.25, 0.3) is 0 Å². The van der Waals surface area contributed by atoms with Crippen molar-refractivity contribution in [1.29, 1.82) is 0 Å². The lowest BCUT2D eigenvalue weighted by molar-refractivity contribution is 0.169. The summed E-state index contributed by atoms with van der Waals surface area (Å²) in [4.78, 5) is 8.06. The Morgan fingerprint density at radius 2 is 2.05 bits per heavy atom. The number of aromatic nitrogens is 2. The van der Waals surface area contributed by atoms with Crippen LogP contribution in [0, 0.1) is 0 Å². The maximum Gasteiger partial charge on any atom is 0.165 e. The van der Waals surface area contributed by atoms with Gasteiger partial charge in [-0.15, -0.1) is 0 Å². The fraction of sp³-hybridized carbons (Fsp3) is 0.286. The third-order valence-electron chi connectivity index (χ3n) is 2.91. The van der Waals surface area contributed by atoms with E-state index in [1.165, 1.54) is 0 Å². The molecule has 0 atom stereocenters. The van der Waals surface area contributed by atoms with Gasteiger partial charge in [-0.25, -0.2) is 9.97 Å². The van der Waals surface area contributed by atoms with Crippen LogP contribution in [-0.2, 0) is 13.1 Å². The molecule has 1 aromatic heterocycles. The molecule has 1 aliphatic heterocycles. The van der Waals surface area contributed by atoms with E-state index in [2.05, 4.69) is 15.3 Å². The van der Waals surface area contributed by atoms with Crippen LogP contribution < -0.4 is 14.8 Å². The molecule has 0 amide bonds. The van der Waals surface area contributed by atoms with Gasteiger partial charge in [-0.1, -0.05) is 12.1 Å². The number of ether oxygens (including phenoxy) is 2. The van der Waals surface area contributed by atoms with Crippen LogP contribution in [0.1, 0.15) is 11.3 Å². The first-order chi connectivity index (χ1) is 9.43. The highest BCUT2D eigenvalue weighted by Crippen LogP contribution is 2.33. The van der Waals surface area contributed by atoms with Crippen molar-refractivity contribution in [2.45, 2.75) is 13.1 Å². The number of hydrogen-bond acceptors (Lipinski definition) is 5. The highest BCUT2D eigenvalue weighted by Gasteiger charge is 2.14. The molecule has 1 N–H and O–H groups in total. The molecule has 2 heterocycles. The lowest BCUT2D eigenvalue weighted by Gasteiger charge is -2.21. The largest absolute Gasteiger partial charge is 0.486 e. The molecule has 98 valence electrons. The van der Waals surface area contributed by atoms with Crippen molar-refractivity contribution < 1.29 is 9.47 Å². The van der Waals surface area contributed by atoms with Gasteiger partial charge >= 0.3 is 0 Å². The average Bonchev–Trinajstić information content (AvgIpc) is 2.49. The van der Waals surface area contributed by atoms with Crippen molar-refractivity contribution in [1.82, 2.24) is 15.3 Å². The monoisotopic (exact) mass is 257 g/mol. The molecule has 0 spiro atoms. The number of nitrogens with zero attached hydrogens (tertiary/aromatic N) is 2. The van der Waals surface area contributed by atoms with Crippen LogP contribution in [0.2, 0.25) is 0 Å². The molecule has 3 rings (SSSR count). The van der Waals surface area contributed by atoms with E-state index in [1.54, 1.807) is 12.5 Å². The molecule has 2 aromatic rings. The van der Waals surface area contributed by atoms with E-state index in [4.69, 9.17) is 9.47 Å². The minimum atomic E-state index is 0.607. The Labute approximate surface area is 111 Å². The Hall–Kier alpha value is -2.14. The van der Waals surface area contributed by atoms with Crippen molar-refractivity contribution in [2.75, 3.05) is 13.2 Å². The molecule has 0 fully saturated rings. The molecule has 0 bridgehead atoms. The van der Waals surface area contributed by atoms with E-state index < -0.39 is 0 Å². The highest BCUT2D eigenvalue weighted by atomic mass is 16.6. The van der Waals surface area contributed by atoms with Crippen LogP contribution in [0.5, 0.6) is 11.5 Å². The number of fused-ring (bicyclic) bond motifs is 1. The summed E-state index contributed by atoms with van der Waals surface area (Å²) in [5.74, 6) is 1.68. The summed E-state index contributed by atoms with van der Waals surface area (Å²) in [5.41, 5.74) is 2.07. The SMILES string of the molecule is c1cc(CNCc2ccncn2)c2c(c1)OCCO2. The molecular weight excluding hydrogens is 242 g/mol. The number of benzene rings is 1. The van der Waals surface area contributed by atoms with Crippen LogP contribution in [0.15, 0.2) is 36.8 Å². The predicted molar refractivity (Wildman–Crippen MR) is 70.0 cm³/mol. The maximum atomic E-state index is 5.67. The minimum Gasteiger partial charge on any atom is -0.486 e. The molecule has 1 aliphatic rings. The van der Waals surface area contributed by atoms with Gasteiger partial charge < -0.3 is 14.8 Å². The number of para-hydroxylation sites is 1. The summed E-state index contributed by atoms with van der Waals surface area (Å²) in [6, 6.07) is 7.85. The fourth-order valence-corrected chi connectivity index (χ4v) is 2.02. The fourth-order valence-electron chi connectivity index (χ4n) is 2.02. The van der Waals surface area contributed by atoms with Crippen molar-refractivity contribution in [3.05, 3.63) is 48.0 Å². The third-order valence-corrected chi connectivity index (χ3v) is 2.91. The number of hydrogen-bond donors (Lipinski definition) is 1. The molecule has 0 saturated heterocycles. The molecule has 5 heteroatoms. The van der Waals surface area contributed by atoms with Crippen molar-refractivity contribution in [3.63, 3.8) is 0 Å². The first kappa shape index (κ1) is 11.9. The molecule has 5 nitrogen and oxygen atoms in total. The average molecular weight is 257 g/mol. The maximum absolute atomic E-state index is 5.67. The smallest absolute Gasteiger partial charge is 0.165 e. The lowest BCUT2D eigenvalue weighted by atomic mass is 10.1. The van der Waals surface area contributed by atoms with Gasteiger partial charge in [0.15, 0.2) is 11.5 Å². The number of rotatable bonds is 4. The first-order valence-electron chi connectivity index (χ1n) is 6.26. The Morgan fingerprint density at radius 1 is 1.11 bits per heavy atom. The normalized spacial score (nSPS) is 13.3. The second-order valence-electron chi connectivity index (χ2n) is 4.25. The second-order valence-corrected chi connectivity index (χ2v) is 4.25. The molecule has 0 radical (unpaired) electrons. The zero-order valence-corrected chi connectivity index (χ0v) is 10.5. The zero-order chi connectivity index (χ0) is 12.9. The molecule has 0 unspecified atom stereocenters. The van der Waals surface area contributed by atoms with Gasteiger partial charge in [0.05, 0.1) is 5.69 Å². The molecule has 19 heavy (non-hydrogen) atoms. The van der Waals surface area contributed by atoms with E-state index in [-0.39, 0.29) is 0 Å². The van der Waals surface area contributed by atoms with Gasteiger partial charge in [0, 0.05) is 24.8 Å². The van der Waals surface area contributed by atoms with Crippen LogP contribution in [0.25, 0.3) is 0 Å². The van der Waals surface area contributed by atoms with Crippen molar-refractivity contribution in [3.8, 4) is 11.5 Å². The number of nitrogens with one attached hydrogen (secondary N) is 1. The Bertz CT molecular complexity index is 546. The summed E-state index contributed by atoms with van der Waals surface area (Å²) in [7, 11) is 0.